The van der Waals surface area contributed by atoms with Crippen LogP contribution in [0.25, 0.3) is 0 Å². The number of hydrogen-bond donors (Lipinski definition) is 0. The van der Waals surface area contributed by atoms with Crippen LogP contribution in [0.4, 0.5) is 5.82 Å². The quantitative estimate of drug-likeness (QED) is 0.835. The van der Waals surface area contributed by atoms with Gasteiger partial charge < -0.3 is 9.80 Å². The molecule has 0 saturated carbocycles. The fourth-order valence-corrected chi connectivity index (χ4v) is 3.29. The molecule has 1 saturated heterocycles. The van der Waals surface area contributed by atoms with Crippen LogP contribution in [0.1, 0.15) is 52.1 Å². The van der Waals surface area contributed by atoms with E-state index in [1.807, 2.05) is 17.9 Å². The summed E-state index contributed by atoms with van der Waals surface area (Å²) in [5, 5.41) is 0. The Hall–Kier alpha value is -1.30. The topological polar surface area (TPSA) is 49.3 Å². The van der Waals surface area contributed by atoms with Gasteiger partial charge in [0.05, 0.1) is 5.75 Å². The molecular weight excluding hydrogens is 320 g/mol. The molecule has 0 aromatic carbocycles. The molecule has 1 aliphatic rings. The maximum Gasteiger partial charge on any atom is 0.232 e. The molecule has 2 heterocycles. The van der Waals surface area contributed by atoms with Crippen molar-refractivity contribution < 1.29 is 4.79 Å². The Bertz CT molecular complexity index is 575. The molecule has 24 heavy (non-hydrogen) atoms. The summed E-state index contributed by atoms with van der Waals surface area (Å²) in [6, 6.07) is 2.04. The Balaban J connectivity index is 1.94. The number of rotatable bonds is 4. The molecule has 0 aliphatic carbocycles. The number of hydrogen-bond acceptors (Lipinski definition) is 5. The predicted molar refractivity (Wildman–Crippen MR) is 102 cm³/mol. The number of thioether (sulfide) groups is 1. The van der Waals surface area contributed by atoms with Gasteiger partial charge in [-0.1, -0.05) is 34.6 Å². The Kier molecular flexibility index (Phi) is 6.12. The monoisotopic (exact) mass is 350 g/mol. The third-order valence-corrected chi connectivity index (χ3v) is 5.22. The lowest BCUT2D eigenvalue weighted by Gasteiger charge is -2.36. The van der Waals surface area contributed by atoms with E-state index in [4.69, 9.17) is 4.98 Å². The first kappa shape index (κ1) is 19.0. The molecule has 0 atom stereocenters. The number of piperazine rings is 1. The minimum Gasteiger partial charge on any atom is -0.353 e. The van der Waals surface area contributed by atoms with Gasteiger partial charge in [-0.2, -0.15) is 0 Å². The largest absolute Gasteiger partial charge is 0.353 e. The van der Waals surface area contributed by atoms with Crippen LogP contribution < -0.4 is 4.90 Å². The highest BCUT2D eigenvalue weighted by molar-refractivity contribution is 8.01. The molecule has 0 radical (unpaired) electrons. The first-order chi connectivity index (χ1) is 11.2. The molecule has 0 N–H and O–H groups in total. The second kappa shape index (κ2) is 7.72. The number of nitrogens with zero attached hydrogens (tertiary/aromatic N) is 4. The third kappa shape index (κ3) is 5.36. The van der Waals surface area contributed by atoms with Crippen molar-refractivity contribution in [1.82, 2.24) is 14.9 Å². The molecule has 1 aromatic rings. The Morgan fingerprint density at radius 3 is 2.38 bits per heavy atom. The van der Waals surface area contributed by atoms with Gasteiger partial charge in [-0.05, 0) is 6.92 Å². The van der Waals surface area contributed by atoms with Crippen LogP contribution in [0.15, 0.2) is 6.07 Å². The summed E-state index contributed by atoms with van der Waals surface area (Å²) < 4.78 is 0.128. The number of aryl methyl sites for hydroxylation is 1. The normalized spacial score (nSPS) is 16.0. The Morgan fingerprint density at radius 1 is 1.21 bits per heavy atom. The van der Waals surface area contributed by atoms with E-state index in [-0.39, 0.29) is 10.7 Å². The maximum absolute atomic E-state index is 12.3. The van der Waals surface area contributed by atoms with Gasteiger partial charge in [0.15, 0.2) is 0 Å². The van der Waals surface area contributed by atoms with Crippen LogP contribution in [0, 0.1) is 6.92 Å². The number of aromatic nitrogens is 2. The average molecular weight is 351 g/mol. The van der Waals surface area contributed by atoms with E-state index in [1.165, 1.54) is 0 Å². The summed E-state index contributed by atoms with van der Waals surface area (Å²) in [6.45, 7) is 15.9. The lowest BCUT2D eigenvalue weighted by molar-refractivity contribution is -0.128. The Labute approximate surface area is 150 Å². The van der Waals surface area contributed by atoms with Crippen LogP contribution in [0.5, 0.6) is 0 Å². The lowest BCUT2D eigenvalue weighted by atomic mass is 10.2. The molecule has 2 rings (SSSR count). The summed E-state index contributed by atoms with van der Waals surface area (Å²) in [5.74, 6) is 3.01. The minimum absolute atomic E-state index is 0.128. The van der Waals surface area contributed by atoms with Crippen molar-refractivity contribution in [2.45, 2.75) is 52.2 Å². The second-order valence-electron chi connectivity index (χ2n) is 7.65. The van der Waals surface area contributed by atoms with Gasteiger partial charge in [0.25, 0.3) is 0 Å². The van der Waals surface area contributed by atoms with E-state index < -0.39 is 0 Å². The van der Waals surface area contributed by atoms with Crippen molar-refractivity contribution >= 4 is 23.5 Å². The predicted octanol–water partition coefficient (Wildman–Crippen LogP) is 3.09. The summed E-state index contributed by atoms with van der Waals surface area (Å²) in [6.07, 6.45) is 0. The first-order valence-corrected chi connectivity index (χ1v) is 9.66. The summed E-state index contributed by atoms with van der Waals surface area (Å²) >= 11 is 1.71. The van der Waals surface area contributed by atoms with Crippen molar-refractivity contribution in [2.75, 3.05) is 36.8 Å². The zero-order chi connectivity index (χ0) is 17.9. The summed E-state index contributed by atoms with van der Waals surface area (Å²) in [4.78, 5) is 25.8. The molecule has 1 amide bonds. The van der Waals surface area contributed by atoms with Crippen LogP contribution in [-0.2, 0) is 4.79 Å². The number of amides is 1. The molecule has 0 unspecified atom stereocenters. The molecule has 0 bridgehead atoms. The highest BCUT2D eigenvalue weighted by Crippen LogP contribution is 2.24. The van der Waals surface area contributed by atoms with Gasteiger partial charge in [0.1, 0.15) is 11.6 Å². The SMILES string of the molecule is Cc1cc(N2CCN(C(=O)CSC(C)(C)C)CC2)nc(C(C)C)n1. The highest BCUT2D eigenvalue weighted by atomic mass is 32.2. The molecule has 1 aliphatic heterocycles. The molecule has 1 fully saturated rings. The van der Waals surface area contributed by atoms with Crippen LogP contribution >= 0.6 is 11.8 Å². The van der Waals surface area contributed by atoms with Gasteiger partial charge in [-0.3, -0.25) is 4.79 Å². The van der Waals surface area contributed by atoms with E-state index in [0.29, 0.717) is 11.7 Å². The molecule has 6 heteroatoms. The number of anilines is 1. The van der Waals surface area contributed by atoms with Gasteiger partial charge in [-0.25, -0.2) is 9.97 Å². The van der Waals surface area contributed by atoms with Crippen molar-refractivity contribution in [3.05, 3.63) is 17.6 Å². The molecule has 0 spiro atoms. The van der Waals surface area contributed by atoms with E-state index >= 15 is 0 Å². The van der Waals surface area contributed by atoms with Crippen molar-refractivity contribution in [3.63, 3.8) is 0 Å². The first-order valence-electron chi connectivity index (χ1n) is 8.68. The van der Waals surface area contributed by atoms with Gasteiger partial charge in [0, 0.05) is 48.6 Å². The van der Waals surface area contributed by atoms with Crippen molar-refractivity contribution in [2.24, 2.45) is 0 Å². The van der Waals surface area contributed by atoms with Crippen LogP contribution in [0.2, 0.25) is 0 Å². The average Bonchev–Trinajstić information content (AvgIpc) is 2.51. The van der Waals surface area contributed by atoms with E-state index in [9.17, 15) is 4.79 Å². The molecule has 1 aromatic heterocycles. The smallest absolute Gasteiger partial charge is 0.232 e. The summed E-state index contributed by atoms with van der Waals surface area (Å²) in [7, 11) is 0. The van der Waals surface area contributed by atoms with Crippen LogP contribution in [0.3, 0.4) is 0 Å². The molecular formula is C18H30N4OS. The third-order valence-electron chi connectivity index (χ3n) is 3.96. The molecule has 134 valence electrons. The van der Waals surface area contributed by atoms with E-state index in [2.05, 4.69) is 44.5 Å². The van der Waals surface area contributed by atoms with Crippen molar-refractivity contribution in [3.8, 4) is 0 Å². The van der Waals surface area contributed by atoms with Gasteiger partial charge in [-0.15, -0.1) is 11.8 Å². The zero-order valence-corrected chi connectivity index (χ0v) is 16.6. The highest BCUT2D eigenvalue weighted by Gasteiger charge is 2.24. The minimum atomic E-state index is 0.128. The fourth-order valence-electron chi connectivity index (χ4n) is 2.55. The Morgan fingerprint density at radius 2 is 1.83 bits per heavy atom. The van der Waals surface area contributed by atoms with Crippen LogP contribution in [-0.4, -0.2) is 57.5 Å². The van der Waals surface area contributed by atoms with Gasteiger partial charge >= 0.3 is 0 Å². The second-order valence-corrected chi connectivity index (χ2v) is 9.45. The van der Waals surface area contributed by atoms with E-state index in [0.717, 1.165) is 43.5 Å². The van der Waals surface area contributed by atoms with Gasteiger partial charge in [0.2, 0.25) is 5.91 Å². The number of carbonyl (C=O) groups is 1. The maximum atomic E-state index is 12.3. The van der Waals surface area contributed by atoms with Crippen molar-refractivity contribution in [1.29, 1.82) is 0 Å². The lowest BCUT2D eigenvalue weighted by Crippen LogP contribution is -2.49. The molecule has 5 nitrogen and oxygen atoms in total. The number of carbonyl (C=O) groups excluding carboxylic acids is 1. The van der Waals surface area contributed by atoms with E-state index in [1.54, 1.807) is 11.8 Å². The zero-order valence-electron chi connectivity index (χ0n) is 15.8. The standard InChI is InChI=1S/C18H30N4OS/c1-13(2)17-19-14(3)11-15(20-17)21-7-9-22(10-8-21)16(23)12-24-18(4,5)6/h11,13H,7-10,12H2,1-6H3. The summed E-state index contributed by atoms with van der Waals surface area (Å²) in [5.41, 5.74) is 1.00. The fraction of sp³-hybridized carbons (Fsp3) is 0.722.